The molecule has 8 heteroatoms. The normalized spacial score (nSPS) is 11.8. The Kier molecular flexibility index (Phi) is 2.64. The van der Waals surface area contributed by atoms with Gasteiger partial charge in [-0.05, 0) is 0 Å². The Morgan fingerprint density at radius 1 is 1.28 bits per heavy atom. The fraction of sp³-hybridized carbons (Fsp3) is 0.200. The minimum absolute atomic E-state index is 0.0781. The number of furan rings is 1. The lowest BCUT2D eigenvalue weighted by Gasteiger charge is -2.12. The van der Waals surface area contributed by atoms with E-state index in [0.29, 0.717) is 15.2 Å². The molecule has 2 aromatic rings. The molecule has 5 nitrogen and oxygen atoms in total. The van der Waals surface area contributed by atoms with Gasteiger partial charge in [0, 0.05) is 19.2 Å². The monoisotopic (exact) mass is 260 g/mol. The highest BCUT2D eigenvalue weighted by Crippen LogP contribution is 2.26. The summed E-state index contributed by atoms with van der Waals surface area (Å²) in [5, 5.41) is 0. The van der Waals surface area contributed by atoms with E-state index in [0.717, 1.165) is 13.3 Å². The van der Waals surface area contributed by atoms with Crippen molar-refractivity contribution in [1.82, 2.24) is 9.13 Å². The van der Waals surface area contributed by atoms with Crippen molar-refractivity contribution in [3.63, 3.8) is 0 Å². The summed E-state index contributed by atoms with van der Waals surface area (Å²) in [5.74, 6) is 0. The first-order chi connectivity index (χ1) is 8.32. The fourth-order valence-corrected chi connectivity index (χ4v) is 1.52. The molecule has 0 saturated carbocycles. The minimum atomic E-state index is -4.76. The molecule has 96 valence electrons. The lowest BCUT2D eigenvalue weighted by molar-refractivity contribution is -0.144. The van der Waals surface area contributed by atoms with E-state index in [9.17, 15) is 22.8 Å². The highest BCUT2D eigenvalue weighted by atomic mass is 19.4. The zero-order chi connectivity index (χ0) is 13.5. The van der Waals surface area contributed by atoms with E-state index in [-0.39, 0.29) is 5.69 Å². The molecule has 0 saturated heterocycles. The van der Waals surface area contributed by atoms with E-state index in [1.54, 1.807) is 0 Å². The van der Waals surface area contributed by atoms with Crippen molar-refractivity contribution < 1.29 is 17.6 Å². The second kappa shape index (κ2) is 3.90. The molecule has 0 aliphatic heterocycles. The van der Waals surface area contributed by atoms with Crippen LogP contribution < -0.4 is 11.2 Å². The molecule has 0 unspecified atom stereocenters. The van der Waals surface area contributed by atoms with E-state index in [2.05, 4.69) is 4.42 Å². The molecule has 0 atom stereocenters. The first-order valence-corrected chi connectivity index (χ1v) is 4.75. The van der Waals surface area contributed by atoms with Crippen LogP contribution in [0.1, 0.15) is 5.69 Å². The van der Waals surface area contributed by atoms with E-state index in [4.69, 9.17) is 0 Å². The summed E-state index contributed by atoms with van der Waals surface area (Å²) < 4.78 is 43.3. The van der Waals surface area contributed by atoms with Gasteiger partial charge >= 0.3 is 11.9 Å². The predicted molar refractivity (Wildman–Crippen MR) is 54.5 cm³/mol. The van der Waals surface area contributed by atoms with Gasteiger partial charge in [-0.15, -0.1) is 0 Å². The van der Waals surface area contributed by atoms with Crippen LogP contribution in [0.4, 0.5) is 13.2 Å². The molecule has 18 heavy (non-hydrogen) atoms. The van der Waals surface area contributed by atoms with Gasteiger partial charge in [0.05, 0.1) is 12.0 Å². The minimum Gasteiger partial charge on any atom is -0.470 e. The standard InChI is InChI=1S/C10H7F3N2O3/c1-14-7(10(11,12)13)4-8(16)15(9(14)17)6-2-3-18-5-6/h2-5H,1H3. The molecule has 2 heterocycles. The third kappa shape index (κ3) is 1.85. The van der Waals surface area contributed by atoms with Crippen LogP contribution in [-0.2, 0) is 13.2 Å². The van der Waals surface area contributed by atoms with Gasteiger partial charge in [0.2, 0.25) is 0 Å². The number of alkyl halides is 3. The van der Waals surface area contributed by atoms with Crippen molar-refractivity contribution in [3.05, 3.63) is 51.2 Å². The molecule has 0 aliphatic carbocycles. The average molecular weight is 260 g/mol. The lowest BCUT2D eigenvalue weighted by atomic mass is 10.3. The smallest absolute Gasteiger partial charge is 0.431 e. The SMILES string of the molecule is Cn1c(C(F)(F)F)cc(=O)n(-c2ccoc2)c1=O. The van der Waals surface area contributed by atoms with E-state index in [1.807, 2.05) is 0 Å². The predicted octanol–water partition coefficient (Wildman–Crippen LogP) is 1.15. The average Bonchev–Trinajstić information content (AvgIpc) is 2.75. The van der Waals surface area contributed by atoms with Crippen molar-refractivity contribution in [1.29, 1.82) is 0 Å². The lowest BCUT2D eigenvalue weighted by Crippen LogP contribution is -2.40. The maximum absolute atomic E-state index is 12.6. The van der Waals surface area contributed by atoms with Crippen LogP contribution in [0.15, 0.2) is 38.7 Å². The molecule has 0 aliphatic rings. The summed E-state index contributed by atoms with van der Waals surface area (Å²) in [6.07, 6.45) is -2.46. The zero-order valence-corrected chi connectivity index (χ0v) is 9.06. The largest absolute Gasteiger partial charge is 0.470 e. The van der Waals surface area contributed by atoms with Crippen LogP contribution in [0.3, 0.4) is 0 Å². The molecule has 0 bridgehead atoms. The maximum Gasteiger partial charge on any atom is 0.431 e. The van der Waals surface area contributed by atoms with Gasteiger partial charge in [-0.25, -0.2) is 9.36 Å². The first kappa shape index (κ1) is 12.2. The third-order valence-corrected chi connectivity index (χ3v) is 2.37. The van der Waals surface area contributed by atoms with Crippen molar-refractivity contribution in [2.75, 3.05) is 0 Å². The molecule has 2 rings (SSSR count). The van der Waals surface area contributed by atoms with Gasteiger partial charge in [0.25, 0.3) is 5.56 Å². The third-order valence-electron chi connectivity index (χ3n) is 2.37. The summed E-state index contributed by atoms with van der Waals surface area (Å²) in [6.45, 7) is 0. The Hall–Kier alpha value is -2.25. The molecule has 0 amide bonds. The van der Waals surface area contributed by atoms with E-state index < -0.39 is 23.1 Å². The van der Waals surface area contributed by atoms with Crippen LogP contribution in [-0.4, -0.2) is 9.13 Å². The van der Waals surface area contributed by atoms with E-state index >= 15 is 0 Å². The highest BCUT2D eigenvalue weighted by Gasteiger charge is 2.35. The van der Waals surface area contributed by atoms with Gasteiger partial charge in [0.1, 0.15) is 12.0 Å². The number of hydrogen-bond donors (Lipinski definition) is 0. The summed E-state index contributed by atoms with van der Waals surface area (Å²) in [4.78, 5) is 23.3. The number of halogens is 3. The molecule has 0 N–H and O–H groups in total. The highest BCUT2D eigenvalue weighted by molar-refractivity contribution is 5.26. The Bertz CT molecular complexity index is 680. The molecule has 0 spiro atoms. The Balaban J connectivity index is 2.79. The van der Waals surface area contributed by atoms with Crippen molar-refractivity contribution in [2.24, 2.45) is 7.05 Å². The van der Waals surface area contributed by atoms with Crippen molar-refractivity contribution in [3.8, 4) is 5.69 Å². The van der Waals surface area contributed by atoms with Crippen molar-refractivity contribution in [2.45, 2.75) is 6.18 Å². The maximum atomic E-state index is 12.6. The zero-order valence-electron chi connectivity index (χ0n) is 9.06. The number of nitrogens with zero attached hydrogens (tertiary/aromatic N) is 2. The van der Waals surface area contributed by atoms with Gasteiger partial charge in [-0.3, -0.25) is 9.36 Å². The molecule has 0 radical (unpaired) electrons. The Morgan fingerprint density at radius 2 is 1.94 bits per heavy atom. The summed E-state index contributed by atoms with van der Waals surface area (Å²) in [5.41, 5.74) is -3.37. The first-order valence-electron chi connectivity index (χ1n) is 4.75. The van der Waals surface area contributed by atoms with Crippen LogP contribution in [0.5, 0.6) is 0 Å². The number of aromatic nitrogens is 2. The van der Waals surface area contributed by atoms with Crippen LogP contribution in [0, 0.1) is 0 Å². The van der Waals surface area contributed by atoms with Gasteiger partial charge < -0.3 is 4.42 Å². The van der Waals surface area contributed by atoms with Gasteiger partial charge in [-0.2, -0.15) is 13.2 Å². The molecule has 2 aromatic heterocycles. The van der Waals surface area contributed by atoms with Crippen molar-refractivity contribution >= 4 is 0 Å². The Labute approximate surface area is 97.7 Å². The van der Waals surface area contributed by atoms with Gasteiger partial charge in [-0.1, -0.05) is 0 Å². The second-order valence-corrected chi connectivity index (χ2v) is 3.52. The molecule has 0 aromatic carbocycles. The number of rotatable bonds is 1. The summed E-state index contributed by atoms with van der Waals surface area (Å²) in [7, 11) is 0.946. The van der Waals surface area contributed by atoms with Gasteiger partial charge in [0.15, 0.2) is 0 Å². The number of hydrogen-bond acceptors (Lipinski definition) is 3. The summed E-state index contributed by atoms with van der Waals surface area (Å²) in [6, 6.07) is 1.67. The topological polar surface area (TPSA) is 57.1 Å². The molecule has 0 fully saturated rings. The fourth-order valence-electron chi connectivity index (χ4n) is 1.52. The summed E-state index contributed by atoms with van der Waals surface area (Å²) >= 11 is 0. The molecular formula is C10H7F3N2O3. The van der Waals surface area contributed by atoms with E-state index in [1.165, 1.54) is 12.3 Å². The quantitative estimate of drug-likeness (QED) is 0.772. The van der Waals surface area contributed by atoms with Crippen LogP contribution in [0.25, 0.3) is 5.69 Å². The Morgan fingerprint density at radius 3 is 2.44 bits per heavy atom. The van der Waals surface area contributed by atoms with Crippen LogP contribution in [0.2, 0.25) is 0 Å². The molecular weight excluding hydrogens is 253 g/mol. The second-order valence-electron chi connectivity index (χ2n) is 3.52. The van der Waals surface area contributed by atoms with Crippen LogP contribution >= 0.6 is 0 Å².